The number of rotatable bonds is 6. The van der Waals surface area contributed by atoms with Crippen LogP contribution in [-0.2, 0) is 4.74 Å². The Morgan fingerprint density at radius 2 is 1.89 bits per heavy atom. The van der Waals surface area contributed by atoms with Gasteiger partial charge in [0, 0.05) is 19.2 Å². The summed E-state index contributed by atoms with van der Waals surface area (Å²) in [5.74, 6) is 0.467. The van der Waals surface area contributed by atoms with Crippen LogP contribution >= 0.6 is 0 Å². The third-order valence-corrected chi connectivity index (χ3v) is 4.26. The van der Waals surface area contributed by atoms with Gasteiger partial charge in [-0.1, -0.05) is 41.5 Å². The van der Waals surface area contributed by atoms with Gasteiger partial charge in [-0.15, -0.1) is 5.10 Å². The summed E-state index contributed by atoms with van der Waals surface area (Å²) in [6, 6.07) is 14.1. The van der Waals surface area contributed by atoms with Crippen molar-refractivity contribution >= 4 is 5.91 Å². The number of aromatic nitrogens is 3. The molecule has 0 atom stereocenters. The number of aryl methyl sites for hydroxylation is 3. The van der Waals surface area contributed by atoms with Crippen LogP contribution in [0.2, 0.25) is 0 Å². The first kappa shape index (κ1) is 18.8. The van der Waals surface area contributed by atoms with E-state index in [4.69, 9.17) is 4.74 Å². The molecule has 0 aliphatic rings. The molecular weight excluding hydrogens is 340 g/mol. The number of ether oxygens (including phenoxy) is 1. The van der Waals surface area contributed by atoms with Gasteiger partial charge in [-0.25, -0.2) is 9.67 Å². The van der Waals surface area contributed by atoms with Gasteiger partial charge in [0.15, 0.2) is 5.82 Å². The van der Waals surface area contributed by atoms with Crippen LogP contribution in [0.1, 0.15) is 27.3 Å². The Balaban J connectivity index is 2.08. The third kappa shape index (κ3) is 4.23. The fourth-order valence-electron chi connectivity index (χ4n) is 2.94. The fraction of sp³-hybridized carbons (Fsp3) is 0.286. The van der Waals surface area contributed by atoms with Gasteiger partial charge in [-0.3, -0.25) is 4.79 Å². The quantitative estimate of drug-likeness (QED) is 0.682. The molecule has 0 saturated carbocycles. The largest absolute Gasteiger partial charge is 0.383 e. The van der Waals surface area contributed by atoms with Gasteiger partial charge >= 0.3 is 0 Å². The maximum atomic E-state index is 12.4. The molecule has 1 amide bonds. The number of hydrogen-bond acceptors (Lipinski definition) is 4. The normalized spacial score (nSPS) is 10.8. The average Bonchev–Trinajstić information content (AvgIpc) is 3.07. The molecule has 6 nitrogen and oxygen atoms in total. The summed E-state index contributed by atoms with van der Waals surface area (Å²) in [6.45, 7) is 6.96. The van der Waals surface area contributed by atoms with Crippen molar-refractivity contribution in [1.82, 2.24) is 20.1 Å². The number of methoxy groups -OCH3 is 1. The summed E-state index contributed by atoms with van der Waals surface area (Å²) in [6.07, 6.45) is 0. The average molecular weight is 364 g/mol. The van der Waals surface area contributed by atoms with Gasteiger partial charge in [0.2, 0.25) is 5.82 Å². The van der Waals surface area contributed by atoms with E-state index >= 15 is 0 Å². The number of carbonyl (C=O) groups excluding carboxylic acids is 1. The monoisotopic (exact) mass is 364 g/mol. The van der Waals surface area contributed by atoms with E-state index in [0.717, 1.165) is 22.4 Å². The SMILES string of the molecule is COCCNC(=O)c1nc(-c2cccc(C)c2)n(-c2ccc(C)cc2C)n1. The summed E-state index contributed by atoms with van der Waals surface area (Å²) in [5, 5.41) is 7.28. The summed E-state index contributed by atoms with van der Waals surface area (Å²) in [5.41, 5.74) is 5.18. The first-order valence-corrected chi connectivity index (χ1v) is 8.88. The van der Waals surface area contributed by atoms with Crippen molar-refractivity contribution in [1.29, 1.82) is 0 Å². The lowest BCUT2D eigenvalue weighted by atomic mass is 10.1. The van der Waals surface area contributed by atoms with Crippen LogP contribution in [0.25, 0.3) is 17.1 Å². The highest BCUT2D eigenvalue weighted by atomic mass is 16.5. The zero-order chi connectivity index (χ0) is 19.4. The maximum absolute atomic E-state index is 12.4. The highest BCUT2D eigenvalue weighted by Crippen LogP contribution is 2.24. The molecule has 0 aliphatic carbocycles. The molecule has 1 aromatic heterocycles. The minimum absolute atomic E-state index is 0.141. The Kier molecular flexibility index (Phi) is 5.66. The maximum Gasteiger partial charge on any atom is 0.291 e. The number of benzene rings is 2. The van der Waals surface area contributed by atoms with Crippen molar-refractivity contribution in [3.63, 3.8) is 0 Å². The Labute approximate surface area is 159 Å². The molecular formula is C21H24N4O2. The topological polar surface area (TPSA) is 69.0 Å². The van der Waals surface area contributed by atoms with E-state index < -0.39 is 0 Å². The van der Waals surface area contributed by atoms with Crippen LogP contribution in [0.4, 0.5) is 0 Å². The van der Waals surface area contributed by atoms with Crippen molar-refractivity contribution in [2.45, 2.75) is 20.8 Å². The summed E-state index contributed by atoms with van der Waals surface area (Å²) in [4.78, 5) is 17.0. The number of amides is 1. The van der Waals surface area contributed by atoms with E-state index in [1.807, 2.05) is 57.2 Å². The van der Waals surface area contributed by atoms with Gasteiger partial charge in [0.05, 0.1) is 12.3 Å². The lowest BCUT2D eigenvalue weighted by molar-refractivity contribution is 0.0927. The minimum atomic E-state index is -0.315. The molecule has 2 aromatic carbocycles. The second-order valence-corrected chi connectivity index (χ2v) is 6.58. The van der Waals surface area contributed by atoms with E-state index in [-0.39, 0.29) is 11.7 Å². The number of nitrogens with zero attached hydrogens (tertiary/aromatic N) is 3. The molecule has 3 rings (SSSR count). The molecule has 0 fully saturated rings. The van der Waals surface area contributed by atoms with Crippen LogP contribution < -0.4 is 5.32 Å². The van der Waals surface area contributed by atoms with E-state index in [1.165, 1.54) is 5.56 Å². The van der Waals surface area contributed by atoms with E-state index in [2.05, 4.69) is 21.5 Å². The molecule has 3 aromatic rings. The van der Waals surface area contributed by atoms with Crippen LogP contribution in [0.15, 0.2) is 42.5 Å². The highest BCUT2D eigenvalue weighted by Gasteiger charge is 2.19. The fourth-order valence-corrected chi connectivity index (χ4v) is 2.94. The molecule has 0 aliphatic heterocycles. The van der Waals surface area contributed by atoms with Crippen molar-refractivity contribution in [2.75, 3.05) is 20.3 Å². The summed E-state index contributed by atoms with van der Waals surface area (Å²) < 4.78 is 6.72. The minimum Gasteiger partial charge on any atom is -0.383 e. The molecule has 1 heterocycles. The molecule has 1 N–H and O–H groups in total. The Morgan fingerprint density at radius 1 is 1.11 bits per heavy atom. The van der Waals surface area contributed by atoms with E-state index in [9.17, 15) is 4.79 Å². The standard InChI is InChI=1S/C21H24N4O2/c1-14-6-5-7-17(13-14)20-23-19(21(26)22-10-11-27-4)24-25(20)18-9-8-15(2)12-16(18)3/h5-9,12-13H,10-11H2,1-4H3,(H,22,26). The summed E-state index contributed by atoms with van der Waals surface area (Å²) in [7, 11) is 1.59. The van der Waals surface area contributed by atoms with Gasteiger partial charge in [0.25, 0.3) is 5.91 Å². The first-order chi connectivity index (χ1) is 13.0. The first-order valence-electron chi connectivity index (χ1n) is 8.88. The Hall–Kier alpha value is -2.99. The second kappa shape index (κ2) is 8.14. The van der Waals surface area contributed by atoms with Crippen LogP contribution in [0.5, 0.6) is 0 Å². The van der Waals surface area contributed by atoms with Crippen molar-refractivity contribution in [3.8, 4) is 17.1 Å². The molecule has 0 radical (unpaired) electrons. The smallest absolute Gasteiger partial charge is 0.291 e. The summed E-state index contributed by atoms with van der Waals surface area (Å²) >= 11 is 0. The molecule has 0 unspecified atom stereocenters. The predicted molar refractivity (Wildman–Crippen MR) is 105 cm³/mol. The highest BCUT2D eigenvalue weighted by molar-refractivity contribution is 5.91. The zero-order valence-corrected chi connectivity index (χ0v) is 16.1. The number of nitrogens with one attached hydrogen (secondary N) is 1. The van der Waals surface area contributed by atoms with Crippen LogP contribution in [0, 0.1) is 20.8 Å². The lowest BCUT2D eigenvalue weighted by Crippen LogP contribution is -2.28. The second-order valence-electron chi connectivity index (χ2n) is 6.58. The van der Waals surface area contributed by atoms with Crippen molar-refractivity contribution in [2.24, 2.45) is 0 Å². The molecule has 27 heavy (non-hydrogen) atoms. The van der Waals surface area contributed by atoms with Crippen molar-refractivity contribution < 1.29 is 9.53 Å². The third-order valence-electron chi connectivity index (χ3n) is 4.26. The van der Waals surface area contributed by atoms with Crippen molar-refractivity contribution in [3.05, 3.63) is 65.0 Å². The van der Waals surface area contributed by atoms with Gasteiger partial charge in [0.1, 0.15) is 0 Å². The van der Waals surface area contributed by atoms with Crippen LogP contribution in [0.3, 0.4) is 0 Å². The Morgan fingerprint density at radius 3 is 2.59 bits per heavy atom. The number of hydrogen-bond donors (Lipinski definition) is 1. The van der Waals surface area contributed by atoms with Gasteiger partial charge < -0.3 is 10.1 Å². The van der Waals surface area contributed by atoms with E-state index in [0.29, 0.717) is 19.0 Å². The molecule has 0 spiro atoms. The van der Waals surface area contributed by atoms with Crippen LogP contribution in [-0.4, -0.2) is 40.9 Å². The van der Waals surface area contributed by atoms with E-state index in [1.54, 1.807) is 11.8 Å². The molecule has 0 bridgehead atoms. The number of carbonyl (C=O) groups is 1. The zero-order valence-electron chi connectivity index (χ0n) is 16.1. The molecule has 0 saturated heterocycles. The molecule has 6 heteroatoms. The van der Waals surface area contributed by atoms with Gasteiger partial charge in [-0.05, 0) is 38.5 Å². The predicted octanol–water partition coefficient (Wildman–Crippen LogP) is 3.24. The van der Waals surface area contributed by atoms with Gasteiger partial charge in [-0.2, -0.15) is 0 Å². The molecule has 140 valence electrons. The lowest BCUT2D eigenvalue weighted by Gasteiger charge is -2.10. The Bertz CT molecular complexity index is 963.